The molecule has 0 aromatic heterocycles. The lowest BCUT2D eigenvalue weighted by atomic mass is 9.87. The van der Waals surface area contributed by atoms with Crippen LogP contribution in [0.4, 0.5) is 20.2 Å². The van der Waals surface area contributed by atoms with Crippen molar-refractivity contribution >= 4 is 17.3 Å². The van der Waals surface area contributed by atoms with Crippen LogP contribution in [0.15, 0.2) is 36.4 Å². The first-order valence-electron chi connectivity index (χ1n) is 7.66. The number of fused-ring (bicyclic) bond motifs is 1. The number of alkyl halides is 2. The highest BCUT2D eigenvalue weighted by Gasteiger charge is 2.44. The van der Waals surface area contributed by atoms with Crippen molar-refractivity contribution in [2.75, 3.05) is 11.1 Å². The summed E-state index contributed by atoms with van der Waals surface area (Å²) in [5.74, 6) is -0.952. The number of hydrogen-bond acceptors (Lipinski definition) is 4. The molecule has 0 spiro atoms. The summed E-state index contributed by atoms with van der Waals surface area (Å²) in [6.45, 7) is 6.18. The summed E-state index contributed by atoms with van der Waals surface area (Å²) < 4.78 is 34.9. The average Bonchev–Trinajstić information content (AvgIpc) is 2.78. The molecule has 0 saturated carbocycles. The first-order valence-corrected chi connectivity index (χ1v) is 7.66. The lowest BCUT2D eigenvalue weighted by molar-refractivity contribution is -0.286. The molecule has 7 heteroatoms. The van der Waals surface area contributed by atoms with Crippen molar-refractivity contribution in [1.29, 1.82) is 0 Å². The maximum atomic E-state index is 13.1. The van der Waals surface area contributed by atoms with Crippen LogP contribution >= 0.6 is 0 Å². The van der Waals surface area contributed by atoms with E-state index in [9.17, 15) is 13.6 Å². The second-order valence-corrected chi connectivity index (χ2v) is 6.84. The zero-order valence-electron chi connectivity index (χ0n) is 14.0. The van der Waals surface area contributed by atoms with Gasteiger partial charge in [0.15, 0.2) is 11.5 Å². The molecule has 1 aliphatic rings. The van der Waals surface area contributed by atoms with Gasteiger partial charge in [-0.05, 0) is 29.2 Å². The van der Waals surface area contributed by atoms with Gasteiger partial charge in [0.1, 0.15) is 0 Å². The molecule has 2 aromatic carbocycles. The highest BCUT2D eigenvalue weighted by Crippen LogP contribution is 2.43. The zero-order valence-corrected chi connectivity index (χ0v) is 14.0. The van der Waals surface area contributed by atoms with E-state index in [4.69, 9.17) is 5.73 Å². The van der Waals surface area contributed by atoms with Crippen LogP contribution in [0, 0.1) is 0 Å². The van der Waals surface area contributed by atoms with Crippen LogP contribution in [0.3, 0.4) is 0 Å². The Morgan fingerprint density at radius 2 is 1.76 bits per heavy atom. The van der Waals surface area contributed by atoms with E-state index in [1.54, 1.807) is 6.07 Å². The summed E-state index contributed by atoms with van der Waals surface area (Å²) in [6.07, 6.45) is -3.76. The lowest BCUT2D eigenvalue weighted by Gasteiger charge is -2.20. The Balaban J connectivity index is 1.86. The third kappa shape index (κ3) is 3.50. The van der Waals surface area contributed by atoms with Gasteiger partial charge in [0.25, 0.3) is 5.91 Å². The van der Waals surface area contributed by atoms with Gasteiger partial charge < -0.3 is 20.5 Å². The molecule has 0 radical (unpaired) electrons. The van der Waals surface area contributed by atoms with Crippen LogP contribution in [0.5, 0.6) is 11.5 Å². The molecule has 0 bridgehead atoms. The minimum atomic E-state index is -3.76. The van der Waals surface area contributed by atoms with E-state index < -0.39 is 12.2 Å². The normalized spacial score (nSPS) is 15.1. The topological polar surface area (TPSA) is 73.6 Å². The standard InChI is InChI=1S/C18H18F2N2O3/c1-17(2,3)10-5-4-6-11(7-10)22-16(23)12-8-14-15(9-13(12)21)25-18(19,20)24-14/h4-9H,21H2,1-3H3,(H,22,23). The molecule has 25 heavy (non-hydrogen) atoms. The second-order valence-electron chi connectivity index (χ2n) is 6.84. The summed E-state index contributed by atoms with van der Waals surface area (Å²) >= 11 is 0. The summed E-state index contributed by atoms with van der Waals surface area (Å²) in [7, 11) is 0. The first-order chi connectivity index (χ1) is 11.5. The van der Waals surface area contributed by atoms with Crippen LogP contribution in [-0.2, 0) is 5.41 Å². The Labute approximate surface area is 143 Å². The second kappa shape index (κ2) is 5.61. The van der Waals surface area contributed by atoms with Gasteiger partial charge in [-0.3, -0.25) is 4.79 Å². The maximum Gasteiger partial charge on any atom is 0.586 e. The number of benzene rings is 2. The molecule has 132 valence electrons. The average molecular weight is 348 g/mol. The third-order valence-corrected chi connectivity index (χ3v) is 3.80. The molecule has 1 amide bonds. The van der Waals surface area contributed by atoms with E-state index in [0.717, 1.165) is 17.7 Å². The number of carbonyl (C=O) groups is 1. The highest BCUT2D eigenvalue weighted by molar-refractivity contribution is 6.08. The number of ether oxygens (including phenoxy) is 2. The van der Waals surface area contributed by atoms with Gasteiger partial charge in [0.05, 0.1) is 5.56 Å². The number of rotatable bonds is 2. The van der Waals surface area contributed by atoms with E-state index >= 15 is 0 Å². The molecular formula is C18H18F2N2O3. The molecule has 1 heterocycles. The van der Waals surface area contributed by atoms with Crippen LogP contribution < -0.4 is 20.5 Å². The molecule has 0 atom stereocenters. The van der Waals surface area contributed by atoms with Gasteiger partial charge in [-0.25, -0.2) is 0 Å². The fraction of sp³-hybridized carbons (Fsp3) is 0.278. The van der Waals surface area contributed by atoms with E-state index in [0.29, 0.717) is 5.69 Å². The van der Waals surface area contributed by atoms with Gasteiger partial charge in [0.2, 0.25) is 0 Å². The van der Waals surface area contributed by atoms with Crippen LogP contribution in [0.25, 0.3) is 0 Å². The maximum absolute atomic E-state index is 13.1. The van der Waals surface area contributed by atoms with Gasteiger partial charge in [0, 0.05) is 17.4 Å². The number of halogens is 2. The lowest BCUT2D eigenvalue weighted by Crippen LogP contribution is -2.25. The molecule has 0 saturated heterocycles. The van der Waals surface area contributed by atoms with E-state index in [1.807, 2.05) is 18.2 Å². The summed E-state index contributed by atoms with van der Waals surface area (Å²) in [5.41, 5.74) is 7.39. The fourth-order valence-electron chi connectivity index (χ4n) is 2.47. The number of hydrogen-bond donors (Lipinski definition) is 2. The number of nitrogens with one attached hydrogen (secondary N) is 1. The molecule has 0 fully saturated rings. The molecule has 5 nitrogen and oxygen atoms in total. The van der Waals surface area contributed by atoms with Crippen LogP contribution in [-0.4, -0.2) is 12.2 Å². The van der Waals surface area contributed by atoms with Gasteiger partial charge >= 0.3 is 6.29 Å². The third-order valence-electron chi connectivity index (χ3n) is 3.80. The van der Waals surface area contributed by atoms with Gasteiger partial charge in [-0.2, -0.15) is 0 Å². The molecule has 3 rings (SSSR count). The minimum Gasteiger partial charge on any atom is -0.398 e. The van der Waals surface area contributed by atoms with Crippen LogP contribution in [0.2, 0.25) is 0 Å². The molecule has 1 aliphatic heterocycles. The van der Waals surface area contributed by atoms with Crippen molar-refractivity contribution in [3.05, 3.63) is 47.5 Å². The van der Waals surface area contributed by atoms with Crippen molar-refractivity contribution in [3.8, 4) is 11.5 Å². The van der Waals surface area contributed by atoms with Crippen molar-refractivity contribution in [2.45, 2.75) is 32.5 Å². The monoisotopic (exact) mass is 348 g/mol. The molecule has 2 aromatic rings. The van der Waals surface area contributed by atoms with E-state index in [2.05, 4.69) is 35.6 Å². The Kier molecular flexibility index (Phi) is 3.82. The molecule has 0 unspecified atom stereocenters. The first kappa shape index (κ1) is 17.0. The summed E-state index contributed by atoms with van der Waals surface area (Å²) in [5, 5.41) is 2.72. The Hall–Kier alpha value is -2.83. The largest absolute Gasteiger partial charge is 0.586 e. The number of anilines is 2. The van der Waals surface area contributed by atoms with Crippen molar-refractivity contribution in [3.63, 3.8) is 0 Å². The van der Waals surface area contributed by atoms with Crippen molar-refractivity contribution in [2.24, 2.45) is 0 Å². The fourth-order valence-corrected chi connectivity index (χ4v) is 2.47. The smallest absolute Gasteiger partial charge is 0.398 e. The van der Waals surface area contributed by atoms with Gasteiger partial charge in [-0.15, -0.1) is 8.78 Å². The van der Waals surface area contributed by atoms with Gasteiger partial charge in [-0.1, -0.05) is 32.9 Å². The number of amides is 1. The van der Waals surface area contributed by atoms with E-state index in [1.165, 1.54) is 0 Å². The predicted octanol–water partition coefficient (Wildman–Crippen LogP) is 4.14. The minimum absolute atomic E-state index is 0.0181. The van der Waals surface area contributed by atoms with E-state index in [-0.39, 0.29) is 28.2 Å². The quantitative estimate of drug-likeness (QED) is 0.800. The molecular weight excluding hydrogens is 330 g/mol. The molecule has 0 aliphatic carbocycles. The number of nitrogen functional groups attached to an aromatic ring is 1. The number of carbonyl (C=O) groups excluding carboxylic acids is 1. The summed E-state index contributed by atoms with van der Waals surface area (Å²) in [4.78, 5) is 12.5. The van der Waals surface area contributed by atoms with Crippen molar-refractivity contribution < 1.29 is 23.0 Å². The highest BCUT2D eigenvalue weighted by atomic mass is 19.3. The Bertz CT molecular complexity index is 845. The Morgan fingerprint density at radius 3 is 2.40 bits per heavy atom. The molecule has 3 N–H and O–H groups in total. The number of nitrogens with two attached hydrogens (primary N) is 1. The Morgan fingerprint density at radius 1 is 1.12 bits per heavy atom. The van der Waals surface area contributed by atoms with Crippen LogP contribution in [0.1, 0.15) is 36.7 Å². The summed E-state index contributed by atoms with van der Waals surface area (Å²) in [6, 6.07) is 9.69. The zero-order chi connectivity index (χ0) is 18.4. The SMILES string of the molecule is CC(C)(C)c1cccc(NC(=O)c2cc3c(cc2N)OC(F)(F)O3)c1. The predicted molar refractivity (Wildman–Crippen MR) is 90.2 cm³/mol. The van der Waals surface area contributed by atoms with Crippen molar-refractivity contribution in [1.82, 2.24) is 0 Å².